The molecule has 0 unspecified atom stereocenters. The number of hydrogen-bond acceptors (Lipinski definition) is 4. The molecule has 6 nitrogen and oxygen atoms in total. The quantitative estimate of drug-likeness (QED) is 0.925. The largest absolute Gasteiger partial charge is 0.363 e. The second-order valence-corrected chi connectivity index (χ2v) is 6.73. The van der Waals surface area contributed by atoms with E-state index >= 15 is 0 Å². The van der Waals surface area contributed by atoms with Gasteiger partial charge in [-0.25, -0.2) is 9.78 Å². The van der Waals surface area contributed by atoms with Crippen LogP contribution in [-0.2, 0) is 0 Å². The lowest BCUT2D eigenvalue weighted by Gasteiger charge is -2.28. The van der Waals surface area contributed by atoms with Crippen molar-refractivity contribution in [3.63, 3.8) is 0 Å². The molecule has 1 atom stereocenters. The van der Waals surface area contributed by atoms with Crippen LogP contribution in [0.5, 0.6) is 0 Å². The van der Waals surface area contributed by atoms with E-state index in [0.29, 0.717) is 6.04 Å². The molecule has 0 spiro atoms. The minimum atomic E-state index is 0.00565. The molecule has 23 heavy (non-hydrogen) atoms. The maximum absolute atomic E-state index is 12.6. The van der Waals surface area contributed by atoms with Crippen molar-refractivity contribution in [3.05, 3.63) is 18.3 Å². The Balaban J connectivity index is 1.57. The number of anilines is 2. The van der Waals surface area contributed by atoms with Crippen molar-refractivity contribution in [1.82, 2.24) is 14.8 Å². The second-order valence-electron chi connectivity index (χ2n) is 6.73. The third kappa shape index (κ3) is 3.93. The molecule has 0 radical (unpaired) electrons. The van der Waals surface area contributed by atoms with E-state index in [1.165, 1.54) is 25.9 Å². The molecule has 0 aromatic carbocycles. The van der Waals surface area contributed by atoms with Gasteiger partial charge in [0.25, 0.3) is 0 Å². The second kappa shape index (κ2) is 7.17. The van der Waals surface area contributed by atoms with Crippen molar-refractivity contribution >= 4 is 17.5 Å². The van der Waals surface area contributed by atoms with Gasteiger partial charge in [-0.1, -0.05) is 0 Å². The molecule has 0 aliphatic carbocycles. The van der Waals surface area contributed by atoms with Crippen molar-refractivity contribution in [3.8, 4) is 0 Å². The van der Waals surface area contributed by atoms with E-state index in [9.17, 15) is 4.79 Å². The summed E-state index contributed by atoms with van der Waals surface area (Å²) in [6.07, 6.45) is 6.52. The summed E-state index contributed by atoms with van der Waals surface area (Å²) in [6, 6.07) is 4.18. The Hall–Kier alpha value is -1.82. The van der Waals surface area contributed by atoms with Gasteiger partial charge in [0, 0.05) is 33.2 Å². The SMILES string of the molecule is CN(C)c1ccc(NC(=O)N2CCC[C@@H]2CN2CCCC2)cn1. The van der Waals surface area contributed by atoms with Crippen LogP contribution in [-0.4, -0.2) is 67.1 Å². The fourth-order valence-electron chi connectivity index (χ4n) is 3.48. The number of carbonyl (C=O) groups is 1. The summed E-state index contributed by atoms with van der Waals surface area (Å²) in [6.45, 7) is 4.24. The molecular weight excluding hydrogens is 290 g/mol. The molecule has 1 aromatic heterocycles. The van der Waals surface area contributed by atoms with Crippen LogP contribution in [0.3, 0.4) is 0 Å². The van der Waals surface area contributed by atoms with Gasteiger partial charge in [-0.2, -0.15) is 0 Å². The van der Waals surface area contributed by atoms with Gasteiger partial charge in [-0.3, -0.25) is 0 Å². The molecule has 2 aliphatic rings. The number of pyridine rings is 1. The van der Waals surface area contributed by atoms with Crippen LogP contribution in [0.25, 0.3) is 0 Å². The first-order chi connectivity index (χ1) is 11.1. The smallest absolute Gasteiger partial charge is 0.322 e. The number of hydrogen-bond donors (Lipinski definition) is 1. The van der Waals surface area contributed by atoms with E-state index in [-0.39, 0.29) is 6.03 Å². The molecule has 0 bridgehead atoms. The third-order valence-electron chi connectivity index (χ3n) is 4.76. The first-order valence-electron chi connectivity index (χ1n) is 8.57. The standard InChI is InChI=1S/C17H27N5O/c1-20(2)16-8-7-14(12-18-16)19-17(23)22-11-5-6-15(22)13-21-9-3-4-10-21/h7-8,12,15H,3-6,9-11,13H2,1-2H3,(H,19,23)/t15-/m1/s1. The Morgan fingerprint density at radius 2 is 2.04 bits per heavy atom. The first-order valence-corrected chi connectivity index (χ1v) is 8.57. The lowest BCUT2D eigenvalue weighted by molar-refractivity contribution is 0.186. The maximum atomic E-state index is 12.6. The van der Waals surface area contributed by atoms with Crippen LogP contribution in [0.2, 0.25) is 0 Å². The summed E-state index contributed by atoms with van der Waals surface area (Å²) in [5.74, 6) is 0.885. The normalized spacial score (nSPS) is 21.7. The molecule has 2 fully saturated rings. The summed E-state index contributed by atoms with van der Waals surface area (Å²) < 4.78 is 0. The number of urea groups is 1. The van der Waals surface area contributed by atoms with Crippen LogP contribution in [0, 0.1) is 0 Å². The summed E-state index contributed by atoms with van der Waals surface area (Å²) in [4.78, 5) is 23.4. The van der Waals surface area contributed by atoms with Gasteiger partial charge < -0.3 is 20.0 Å². The summed E-state index contributed by atoms with van der Waals surface area (Å²) in [5.41, 5.74) is 0.757. The summed E-state index contributed by atoms with van der Waals surface area (Å²) >= 11 is 0. The molecule has 2 aliphatic heterocycles. The van der Waals surface area contributed by atoms with Crippen molar-refractivity contribution < 1.29 is 4.79 Å². The van der Waals surface area contributed by atoms with Gasteiger partial charge in [-0.05, 0) is 50.9 Å². The Kier molecular flexibility index (Phi) is 5.00. The number of carbonyl (C=O) groups excluding carboxylic acids is 1. The zero-order chi connectivity index (χ0) is 16.2. The fraction of sp³-hybridized carbons (Fsp3) is 0.647. The number of likely N-dealkylation sites (tertiary alicyclic amines) is 2. The first kappa shape index (κ1) is 16.1. The zero-order valence-corrected chi connectivity index (χ0v) is 14.2. The van der Waals surface area contributed by atoms with E-state index < -0.39 is 0 Å². The molecule has 126 valence electrons. The number of rotatable bonds is 4. The highest BCUT2D eigenvalue weighted by molar-refractivity contribution is 5.89. The highest BCUT2D eigenvalue weighted by atomic mass is 16.2. The Bertz CT molecular complexity index is 524. The molecule has 3 rings (SSSR count). The molecule has 1 N–H and O–H groups in total. The van der Waals surface area contributed by atoms with Gasteiger partial charge in [-0.15, -0.1) is 0 Å². The van der Waals surface area contributed by atoms with Gasteiger partial charge in [0.1, 0.15) is 5.82 Å². The van der Waals surface area contributed by atoms with Crippen LogP contribution in [0.1, 0.15) is 25.7 Å². The average Bonchev–Trinajstić information content (AvgIpc) is 3.20. The van der Waals surface area contributed by atoms with Crippen molar-refractivity contribution in [2.24, 2.45) is 0 Å². The minimum absolute atomic E-state index is 0.00565. The molecule has 3 heterocycles. The molecule has 2 saturated heterocycles. The van der Waals surface area contributed by atoms with E-state index in [0.717, 1.165) is 37.4 Å². The minimum Gasteiger partial charge on any atom is -0.363 e. The predicted molar refractivity (Wildman–Crippen MR) is 93.0 cm³/mol. The van der Waals surface area contributed by atoms with E-state index in [1.54, 1.807) is 6.20 Å². The van der Waals surface area contributed by atoms with E-state index in [1.807, 2.05) is 36.0 Å². The fourth-order valence-corrected chi connectivity index (χ4v) is 3.48. The summed E-state index contributed by atoms with van der Waals surface area (Å²) in [7, 11) is 3.90. The van der Waals surface area contributed by atoms with Crippen LogP contribution in [0.4, 0.5) is 16.3 Å². The zero-order valence-electron chi connectivity index (χ0n) is 14.2. The topological polar surface area (TPSA) is 51.7 Å². The number of aromatic nitrogens is 1. The Morgan fingerprint density at radius 1 is 1.26 bits per heavy atom. The van der Waals surface area contributed by atoms with E-state index in [2.05, 4.69) is 15.2 Å². The van der Waals surface area contributed by atoms with Crippen molar-refractivity contribution in [1.29, 1.82) is 0 Å². The van der Waals surface area contributed by atoms with Crippen LogP contribution in [0.15, 0.2) is 18.3 Å². The van der Waals surface area contributed by atoms with Gasteiger partial charge in [0.05, 0.1) is 11.9 Å². The molecule has 6 heteroatoms. The molecule has 2 amide bonds. The number of amides is 2. The lowest BCUT2D eigenvalue weighted by Crippen LogP contribution is -2.44. The van der Waals surface area contributed by atoms with Gasteiger partial charge >= 0.3 is 6.03 Å². The number of nitrogens with one attached hydrogen (secondary N) is 1. The van der Waals surface area contributed by atoms with Crippen molar-refractivity contribution in [2.75, 3.05) is 50.5 Å². The van der Waals surface area contributed by atoms with Crippen LogP contribution < -0.4 is 10.2 Å². The van der Waals surface area contributed by atoms with Crippen molar-refractivity contribution in [2.45, 2.75) is 31.7 Å². The lowest BCUT2D eigenvalue weighted by atomic mass is 10.2. The Morgan fingerprint density at radius 3 is 2.70 bits per heavy atom. The maximum Gasteiger partial charge on any atom is 0.322 e. The highest BCUT2D eigenvalue weighted by Crippen LogP contribution is 2.22. The molecule has 1 aromatic rings. The predicted octanol–water partition coefficient (Wildman–Crippen LogP) is 2.24. The van der Waals surface area contributed by atoms with Gasteiger partial charge in [0.2, 0.25) is 0 Å². The number of nitrogens with zero attached hydrogens (tertiary/aromatic N) is 4. The van der Waals surface area contributed by atoms with Gasteiger partial charge in [0.15, 0.2) is 0 Å². The molecule has 0 saturated carbocycles. The molecular formula is C17H27N5O. The summed E-state index contributed by atoms with van der Waals surface area (Å²) in [5, 5.41) is 2.99. The average molecular weight is 317 g/mol. The third-order valence-corrected chi connectivity index (χ3v) is 4.76. The van der Waals surface area contributed by atoms with E-state index in [4.69, 9.17) is 0 Å². The van der Waals surface area contributed by atoms with Crippen LogP contribution >= 0.6 is 0 Å². The highest BCUT2D eigenvalue weighted by Gasteiger charge is 2.30. The monoisotopic (exact) mass is 317 g/mol. The Labute approximate surface area is 138 Å².